The van der Waals surface area contributed by atoms with Gasteiger partial charge in [0, 0.05) is 18.7 Å². The Bertz CT molecular complexity index is 300. The van der Waals surface area contributed by atoms with Gasteiger partial charge in [-0.05, 0) is 12.3 Å². The van der Waals surface area contributed by atoms with Crippen LogP contribution >= 0.6 is 12.6 Å². The van der Waals surface area contributed by atoms with E-state index in [9.17, 15) is 13.2 Å². The highest BCUT2D eigenvalue weighted by molar-refractivity contribution is 7.91. The number of hydrogen-bond acceptors (Lipinski definition) is 4. The Labute approximate surface area is 89.8 Å². The third kappa shape index (κ3) is 3.88. The van der Waals surface area contributed by atoms with Crippen molar-refractivity contribution in [1.29, 1.82) is 0 Å². The van der Waals surface area contributed by atoms with Gasteiger partial charge in [0.25, 0.3) is 0 Å². The predicted octanol–water partition coefficient (Wildman–Crippen LogP) is -0.143. The zero-order valence-electron chi connectivity index (χ0n) is 7.90. The highest BCUT2D eigenvalue weighted by Crippen LogP contribution is 2.21. The number of hydrogen-bond donors (Lipinski definition) is 2. The highest BCUT2D eigenvalue weighted by Gasteiger charge is 2.29. The van der Waals surface area contributed by atoms with Crippen molar-refractivity contribution in [2.45, 2.75) is 12.8 Å². The normalized spacial score (nSPS) is 24.8. The number of sulfone groups is 1. The van der Waals surface area contributed by atoms with Crippen molar-refractivity contribution in [3.63, 3.8) is 0 Å². The summed E-state index contributed by atoms with van der Waals surface area (Å²) in [6, 6.07) is 0. The van der Waals surface area contributed by atoms with Crippen molar-refractivity contribution in [1.82, 2.24) is 5.32 Å². The Balaban J connectivity index is 2.29. The fourth-order valence-corrected chi connectivity index (χ4v) is 3.54. The average molecular weight is 237 g/mol. The Morgan fingerprint density at radius 2 is 2.21 bits per heavy atom. The van der Waals surface area contributed by atoms with Gasteiger partial charge in [0.15, 0.2) is 9.84 Å². The standard InChI is InChI=1S/C8H15NO3S2/c10-8(9-2-3-13)5-7-1-4-14(11,12)6-7/h7,13H,1-6H2,(H,9,10). The van der Waals surface area contributed by atoms with Crippen LogP contribution in [0.4, 0.5) is 0 Å². The van der Waals surface area contributed by atoms with Crippen LogP contribution in [0.25, 0.3) is 0 Å². The molecular formula is C8H15NO3S2. The lowest BCUT2D eigenvalue weighted by Gasteiger charge is -2.07. The van der Waals surface area contributed by atoms with E-state index in [1.807, 2.05) is 0 Å². The quantitative estimate of drug-likeness (QED) is 0.669. The molecule has 0 spiro atoms. The van der Waals surface area contributed by atoms with Gasteiger partial charge in [0.1, 0.15) is 0 Å². The molecule has 1 aliphatic rings. The van der Waals surface area contributed by atoms with E-state index < -0.39 is 9.84 Å². The number of thiol groups is 1. The molecule has 0 aromatic carbocycles. The summed E-state index contributed by atoms with van der Waals surface area (Å²) in [5, 5.41) is 2.68. The number of nitrogens with one attached hydrogen (secondary N) is 1. The smallest absolute Gasteiger partial charge is 0.220 e. The summed E-state index contributed by atoms with van der Waals surface area (Å²) in [6.45, 7) is 0.543. The van der Waals surface area contributed by atoms with Crippen LogP contribution in [0.15, 0.2) is 0 Å². The molecule has 0 radical (unpaired) electrons. The third-order valence-electron chi connectivity index (χ3n) is 2.23. The molecule has 0 aliphatic carbocycles. The van der Waals surface area contributed by atoms with Crippen molar-refractivity contribution >= 4 is 28.4 Å². The zero-order valence-corrected chi connectivity index (χ0v) is 9.61. The predicted molar refractivity (Wildman–Crippen MR) is 58.2 cm³/mol. The van der Waals surface area contributed by atoms with Crippen molar-refractivity contribution in [3.05, 3.63) is 0 Å². The lowest BCUT2D eigenvalue weighted by molar-refractivity contribution is -0.121. The van der Waals surface area contributed by atoms with Crippen LogP contribution in [-0.2, 0) is 14.6 Å². The molecule has 0 aromatic rings. The minimum atomic E-state index is -2.86. The number of rotatable bonds is 4. The fourth-order valence-electron chi connectivity index (χ4n) is 1.56. The van der Waals surface area contributed by atoms with Crippen LogP contribution in [0.5, 0.6) is 0 Å². The maximum absolute atomic E-state index is 11.2. The Morgan fingerprint density at radius 3 is 2.71 bits per heavy atom. The summed E-state index contributed by atoms with van der Waals surface area (Å²) in [5.41, 5.74) is 0. The van der Waals surface area contributed by atoms with E-state index in [2.05, 4.69) is 17.9 Å². The van der Waals surface area contributed by atoms with E-state index in [1.165, 1.54) is 0 Å². The van der Waals surface area contributed by atoms with Crippen LogP contribution in [0.2, 0.25) is 0 Å². The van der Waals surface area contributed by atoms with Crippen LogP contribution in [0.1, 0.15) is 12.8 Å². The molecule has 0 aromatic heterocycles. The second-order valence-electron chi connectivity index (χ2n) is 3.55. The molecule has 0 bridgehead atoms. The van der Waals surface area contributed by atoms with Crippen LogP contribution < -0.4 is 5.32 Å². The minimum absolute atomic E-state index is 0.0138. The van der Waals surface area contributed by atoms with Crippen molar-refractivity contribution in [3.8, 4) is 0 Å². The lowest BCUT2D eigenvalue weighted by Crippen LogP contribution is -2.27. The van der Waals surface area contributed by atoms with E-state index in [0.717, 1.165) is 0 Å². The topological polar surface area (TPSA) is 63.2 Å². The van der Waals surface area contributed by atoms with Crippen LogP contribution in [0, 0.1) is 5.92 Å². The summed E-state index contributed by atoms with van der Waals surface area (Å²) in [5.74, 6) is 0.953. The average Bonchev–Trinajstić information content (AvgIpc) is 2.42. The molecular weight excluding hydrogens is 222 g/mol. The van der Waals surface area contributed by atoms with Crippen LogP contribution in [0.3, 0.4) is 0 Å². The maximum Gasteiger partial charge on any atom is 0.220 e. The van der Waals surface area contributed by atoms with Crippen molar-refractivity contribution in [2.24, 2.45) is 5.92 Å². The molecule has 1 fully saturated rings. The zero-order chi connectivity index (χ0) is 10.6. The molecule has 1 unspecified atom stereocenters. The molecule has 6 heteroatoms. The van der Waals surface area contributed by atoms with Crippen molar-refractivity contribution in [2.75, 3.05) is 23.8 Å². The maximum atomic E-state index is 11.2. The first-order chi connectivity index (χ1) is 6.53. The third-order valence-corrected chi connectivity index (χ3v) is 4.30. The van der Waals surface area contributed by atoms with Gasteiger partial charge in [-0.25, -0.2) is 8.42 Å². The molecule has 0 saturated carbocycles. The Kier molecular flexibility index (Phi) is 4.25. The van der Waals surface area contributed by atoms with E-state index in [1.54, 1.807) is 0 Å². The number of carbonyl (C=O) groups excluding carboxylic acids is 1. The summed E-state index contributed by atoms with van der Waals surface area (Å²) < 4.78 is 22.2. The molecule has 14 heavy (non-hydrogen) atoms. The SMILES string of the molecule is O=C(CC1CCS(=O)(=O)C1)NCCS. The van der Waals surface area contributed by atoms with Gasteiger partial charge in [-0.1, -0.05) is 0 Å². The lowest BCUT2D eigenvalue weighted by atomic mass is 10.1. The Morgan fingerprint density at radius 1 is 1.50 bits per heavy atom. The van der Waals surface area contributed by atoms with Gasteiger partial charge in [-0.15, -0.1) is 0 Å². The van der Waals surface area contributed by atoms with Gasteiger partial charge in [-0.3, -0.25) is 4.79 Å². The first-order valence-electron chi connectivity index (χ1n) is 4.61. The summed E-state index contributed by atoms with van der Waals surface area (Å²) in [7, 11) is -2.86. The van der Waals surface area contributed by atoms with Gasteiger partial charge in [-0.2, -0.15) is 12.6 Å². The summed E-state index contributed by atoms with van der Waals surface area (Å²) in [6.07, 6.45) is 0.948. The first-order valence-corrected chi connectivity index (χ1v) is 7.07. The molecule has 4 nitrogen and oxygen atoms in total. The molecule has 1 amide bonds. The van der Waals surface area contributed by atoms with Gasteiger partial charge in [0.05, 0.1) is 11.5 Å². The molecule has 1 saturated heterocycles. The highest BCUT2D eigenvalue weighted by atomic mass is 32.2. The molecule has 1 atom stereocenters. The summed E-state index contributed by atoms with van der Waals surface area (Å²) in [4.78, 5) is 11.2. The van der Waals surface area contributed by atoms with E-state index in [0.29, 0.717) is 25.1 Å². The Hall–Kier alpha value is -0.230. The monoisotopic (exact) mass is 237 g/mol. The van der Waals surface area contributed by atoms with Crippen molar-refractivity contribution < 1.29 is 13.2 Å². The largest absolute Gasteiger partial charge is 0.355 e. The molecule has 1 N–H and O–H groups in total. The number of amides is 1. The molecule has 1 heterocycles. The van der Waals surface area contributed by atoms with Crippen LogP contribution in [-0.4, -0.2) is 38.1 Å². The number of carbonyl (C=O) groups is 1. The van der Waals surface area contributed by atoms with Gasteiger partial charge >= 0.3 is 0 Å². The minimum Gasteiger partial charge on any atom is -0.355 e. The van der Waals surface area contributed by atoms with E-state index >= 15 is 0 Å². The summed E-state index contributed by atoms with van der Waals surface area (Å²) >= 11 is 3.96. The second-order valence-corrected chi connectivity index (χ2v) is 6.22. The molecule has 1 rings (SSSR count). The second kappa shape index (κ2) is 5.02. The molecule has 82 valence electrons. The first kappa shape index (κ1) is 11.8. The van der Waals surface area contributed by atoms with Gasteiger partial charge in [0.2, 0.25) is 5.91 Å². The van der Waals surface area contributed by atoms with E-state index in [-0.39, 0.29) is 23.3 Å². The molecule has 1 aliphatic heterocycles. The fraction of sp³-hybridized carbons (Fsp3) is 0.875. The van der Waals surface area contributed by atoms with E-state index in [4.69, 9.17) is 0 Å². The van der Waals surface area contributed by atoms with Gasteiger partial charge < -0.3 is 5.32 Å².